The third-order valence-electron chi connectivity index (χ3n) is 4.26. The first-order valence-corrected chi connectivity index (χ1v) is 8.44. The van der Waals surface area contributed by atoms with Crippen LogP contribution in [0.5, 0.6) is 5.75 Å². The summed E-state index contributed by atoms with van der Waals surface area (Å²) in [5, 5.41) is 0. The minimum absolute atomic E-state index is 0.114. The Labute approximate surface area is 158 Å². The number of alkyl halides is 3. The van der Waals surface area contributed by atoms with E-state index in [1.807, 2.05) is 30.3 Å². The lowest BCUT2D eigenvalue weighted by molar-refractivity contribution is -0.144. The zero-order valence-corrected chi connectivity index (χ0v) is 14.8. The summed E-state index contributed by atoms with van der Waals surface area (Å²) in [7, 11) is 1.49. The fourth-order valence-corrected chi connectivity index (χ4v) is 2.94. The normalized spacial score (nSPS) is 11.7. The van der Waals surface area contributed by atoms with E-state index in [1.165, 1.54) is 13.4 Å². The van der Waals surface area contributed by atoms with Gasteiger partial charge in [0.25, 0.3) is 0 Å². The number of methoxy groups -OCH3 is 1. The van der Waals surface area contributed by atoms with Crippen LogP contribution in [0.2, 0.25) is 0 Å². The molecule has 0 radical (unpaired) electrons. The number of rotatable bonds is 4. The summed E-state index contributed by atoms with van der Waals surface area (Å²) in [4.78, 5) is 11.8. The molecule has 0 unspecified atom stereocenters. The van der Waals surface area contributed by atoms with Gasteiger partial charge in [0, 0.05) is 5.56 Å². The first-order chi connectivity index (χ1) is 13.5. The lowest BCUT2D eigenvalue weighted by Gasteiger charge is -2.10. The number of imidazole rings is 1. The van der Waals surface area contributed by atoms with Gasteiger partial charge >= 0.3 is 6.18 Å². The summed E-state index contributed by atoms with van der Waals surface area (Å²) in [6, 6.07) is 16.1. The molecule has 0 aliphatic carbocycles. The number of hydrogen-bond donors (Lipinski definition) is 0. The minimum Gasteiger partial charge on any atom is -0.497 e. The van der Waals surface area contributed by atoms with E-state index in [0.717, 1.165) is 5.56 Å². The van der Waals surface area contributed by atoms with Gasteiger partial charge in [0.05, 0.1) is 20.0 Å². The smallest absolute Gasteiger partial charge is 0.451 e. The van der Waals surface area contributed by atoms with Crippen molar-refractivity contribution in [2.75, 3.05) is 7.11 Å². The van der Waals surface area contributed by atoms with Crippen LogP contribution in [0, 0.1) is 0 Å². The zero-order chi connectivity index (χ0) is 19.7. The largest absolute Gasteiger partial charge is 0.497 e. The molecule has 0 amide bonds. The molecule has 0 saturated carbocycles. The SMILES string of the molecule is COc1cccc(-c2nc(C(F)(F)F)nc3c2ncn3Cc2ccccc2)c1. The third kappa shape index (κ3) is 3.40. The van der Waals surface area contributed by atoms with Crippen molar-refractivity contribution in [3.8, 4) is 17.0 Å². The van der Waals surface area contributed by atoms with Crippen LogP contribution in [-0.4, -0.2) is 26.6 Å². The van der Waals surface area contributed by atoms with Crippen molar-refractivity contribution in [1.29, 1.82) is 0 Å². The monoisotopic (exact) mass is 384 g/mol. The number of hydrogen-bond acceptors (Lipinski definition) is 4. The minimum atomic E-state index is -4.68. The summed E-state index contributed by atoms with van der Waals surface area (Å²) in [6.45, 7) is 0.350. The summed E-state index contributed by atoms with van der Waals surface area (Å²) in [5.74, 6) is -0.686. The summed E-state index contributed by atoms with van der Waals surface area (Å²) < 4.78 is 47.1. The molecule has 0 spiro atoms. The van der Waals surface area contributed by atoms with Gasteiger partial charge in [-0.25, -0.2) is 15.0 Å². The van der Waals surface area contributed by atoms with E-state index >= 15 is 0 Å². The van der Waals surface area contributed by atoms with E-state index in [0.29, 0.717) is 23.4 Å². The van der Waals surface area contributed by atoms with Crippen molar-refractivity contribution in [2.45, 2.75) is 12.7 Å². The van der Waals surface area contributed by atoms with E-state index < -0.39 is 12.0 Å². The van der Waals surface area contributed by atoms with Crippen LogP contribution in [0.4, 0.5) is 13.2 Å². The van der Waals surface area contributed by atoms with Crippen LogP contribution in [0.3, 0.4) is 0 Å². The maximum atomic E-state index is 13.4. The Hall–Kier alpha value is -3.42. The molecule has 0 saturated heterocycles. The molecule has 142 valence electrons. The predicted octanol–water partition coefficient (Wildman–Crippen LogP) is 4.57. The molecule has 2 aromatic carbocycles. The Bertz CT molecular complexity index is 1120. The van der Waals surface area contributed by atoms with Crippen LogP contribution in [0.15, 0.2) is 60.9 Å². The van der Waals surface area contributed by atoms with Gasteiger partial charge in [-0.05, 0) is 17.7 Å². The van der Waals surface area contributed by atoms with Crippen molar-refractivity contribution in [3.05, 3.63) is 72.3 Å². The van der Waals surface area contributed by atoms with Crippen molar-refractivity contribution in [1.82, 2.24) is 19.5 Å². The maximum Gasteiger partial charge on any atom is 0.451 e. The topological polar surface area (TPSA) is 52.8 Å². The average molecular weight is 384 g/mol. The molecule has 0 N–H and O–H groups in total. The summed E-state index contributed by atoms with van der Waals surface area (Å²) in [5.41, 5.74) is 1.95. The van der Waals surface area contributed by atoms with Gasteiger partial charge in [-0.3, -0.25) is 0 Å². The Balaban J connectivity index is 1.91. The molecule has 4 aromatic rings. The van der Waals surface area contributed by atoms with E-state index in [-0.39, 0.29) is 11.3 Å². The van der Waals surface area contributed by atoms with Crippen LogP contribution in [0.25, 0.3) is 22.4 Å². The molecule has 28 heavy (non-hydrogen) atoms. The van der Waals surface area contributed by atoms with Gasteiger partial charge in [-0.15, -0.1) is 0 Å². The van der Waals surface area contributed by atoms with Crippen LogP contribution < -0.4 is 4.74 Å². The molecule has 0 atom stereocenters. The highest BCUT2D eigenvalue weighted by molar-refractivity contribution is 5.87. The van der Waals surface area contributed by atoms with Gasteiger partial charge in [0.2, 0.25) is 5.82 Å². The fourth-order valence-electron chi connectivity index (χ4n) is 2.94. The third-order valence-corrected chi connectivity index (χ3v) is 4.26. The molecule has 2 heterocycles. The molecule has 0 aliphatic rings. The average Bonchev–Trinajstić information content (AvgIpc) is 3.10. The molecular weight excluding hydrogens is 369 g/mol. The van der Waals surface area contributed by atoms with Gasteiger partial charge in [0.1, 0.15) is 17.0 Å². The first kappa shape index (κ1) is 18.0. The quantitative estimate of drug-likeness (QED) is 0.517. The second-order valence-corrected chi connectivity index (χ2v) is 6.16. The lowest BCUT2D eigenvalue weighted by Crippen LogP contribution is -2.13. The molecule has 0 aliphatic heterocycles. The molecule has 0 bridgehead atoms. The molecule has 4 rings (SSSR count). The molecule has 8 heteroatoms. The zero-order valence-electron chi connectivity index (χ0n) is 14.8. The van der Waals surface area contributed by atoms with Crippen LogP contribution >= 0.6 is 0 Å². The van der Waals surface area contributed by atoms with Crippen LogP contribution in [-0.2, 0) is 12.7 Å². The van der Waals surface area contributed by atoms with Gasteiger partial charge < -0.3 is 9.30 Å². The number of benzene rings is 2. The van der Waals surface area contributed by atoms with E-state index in [4.69, 9.17) is 4.74 Å². The Morgan fingerprint density at radius 1 is 1.00 bits per heavy atom. The summed E-state index contributed by atoms with van der Waals surface area (Å²) >= 11 is 0. The Kier molecular flexibility index (Phi) is 4.46. The maximum absolute atomic E-state index is 13.4. The van der Waals surface area contributed by atoms with Crippen LogP contribution in [0.1, 0.15) is 11.4 Å². The Morgan fingerprint density at radius 2 is 1.79 bits per heavy atom. The second kappa shape index (κ2) is 6.95. The number of halogens is 3. The van der Waals surface area contributed by atoms with Gasteiger partial charge in [0.15, 0.2) is 5.65 Å². The first-order valence-electron chi connectivity index (χ1n) is 8.44. The van der Waals surface area contributed by atoms with E-state index in [9.17, 15) is 13.2 Å². The van der Waals surface area contributed by atoms with Crippen molar-refractivity contribution in [3.63, 3.8) is 0 Å². The molecule has 5 nitrogen and oxygen atoms in total. The number of ether oxygens (including phenoxy) is 1. The van der Waals surface area contributed by atoms with E-state index in [2.05, 4.69) is 15.0 Å². The van der Waals surface area contributed by atoms with Crippen molar-refractivity contribution >= 4 is 11.2 Å². The summed E-state index contributed by atoms with van der Waals surface area (Å²) in [6.07, 6.45) is -3.19. The van der Waals surface area contributed by atoms with Gasteiger partial charge in [-0.2, -0.15) is 13.2 Å². The van der Waals surface area contributed by atoms with Crippen molar-refractivity contribution in [2.24, 2.45) is 0 Å². The van der Waals surface area contributed by atoms with Gasteiger partial charge in [-0.1, -0.05) is 42.5 Å². The predicted molar refractivity (Wildman–Crippen MR) is 97.9 cm³/mol. The highest BCUT2D eigenvalue weighted by Crippen LogP contribution is 2.33. The van der Waals surface area contributed by atoms with E-state index in [1.54, 1.807) is 28.8 Å². The highest BCUT2D eigenvalue weighted by atomic mass is 19.4. The number of aromatic nitrogens is 4. The molecule has 0 fully saturated rings. The standard InChI is InChI=1S/C20H15F3N4O/c1-28-15-9-5-8-14(10-15)16-17-18(26-19(25-16)20(21,22)23)27(12-24-17)11-13-6-3-2-4-7-13/h2-10,12H,11H2,1H3. The second-order valence-electron chi connectivity index (χ2n) is 6.16. The van der Waals surface area contributed by atoms with Crippen molar-refractivity contribution < 1.29 is 17.9 Å². The molecular formula is C20H15F3N4O. The number of nitrogens with zero attached hydrogens (tertiary/aromatic N) is 4. The lowest BCUT2D eigenvalue weighted by atomic mass is 10.1. The number of fused-ring (bicyclic) bond motifs is 1. The molecule has 2 aromatic heterocycles. The Morgan fingerprint density at radius 3 is 2.50 bits per heavy atom. The highest BCUT2D eigenvalue weighted by Gasteiger charge is 2.36. The fraction of sp³-hybridized carbons (Fsp3) is 0.150.